The van der Waals surface area contributed by atoms with E-state index in [1.165, 1.54) is 17.8 Å². The molecule has 142 valence electrons. The quantitative estimate of drug-likeness (QED) is 0.511. The van der Waals surface area contributed by atoms with Crippen molar-refractivity contribution in [2.24, 2.45) is 0 Å². The van der Waals surface area contributed by atoms with Crippen LogP contribution in [-0.4, -0.2) is 25.8 Å². The van der Waals surface area contributed by atoms with Crippen molar-refractivity contribution in [1.82, 2.24) is 14.6 Å². The van der Waals surface area contributed by atoms with Crippen molar-refractivity contribution in [3.8, 4) is 0 Å². The molecule has 2 aromatic heterocycles. The molecule has 4 aromatic rings. The summed E-state index contributed by atoms with van der Waals surface area (Å²) in [5, 5.41) is 11.7. The molecule has 0 saturated heterocycles. The van der Waals surface area contributed by atoms with Crippen molar-refractivity contribution >= 4 is 39.9 Å². The third kappa shape index (κ3) is 3.20. The molecule has 0 radical (unpaired) electrons. The summed E-state index contributed by atoms with van der Waals surface area (Å²) in [6.07, 6.45) is 0. The van der Waals surface area contributed by atoms with E-state index in [1.54, 1.807) is 6.92 Å². The molecule has 1 atom stereocenters. The molecule has 0 spiro atoms. The van der Waals surface area contributed by atoms with E-state index in [2.05, 4.69) is 15.5 Å². The van der Waals surface area contributed by atoms with E-state index in [-0.39, 0.29) is 0 Å². The lowest BCUT2D eigenvalue weighted by molar-refractivity contribution is -0.115. The van der Waals surface area contributed by atoms with E-state index in [1.807, 2.05) is 41.7 Å². The van der Waals surface area contributed by atoms with Crippen LogP contribution in [-0.2, 0) is 4.79 Å². The summed E-state index contributed by atoms with van der Waals surface area (Å²) < 4.78 is 29.4. The topological polar surface area (TPSA) is 59.3 Å². The number of pyridine rings is 1. The standard InChI is InChI=1S/C20H16F2N4OS/c1-11-10-17-24-25-20(26(17)16-9-4-3-6-13(11)16)28-12(2)19(27)23-18-14(21)7-5-8-15(18)22/h3-10,12H,1-2H3,(H,23,27). The average Bonchev–Trinajstić information content (AvgIpc) is 3.07. The second kappa shape index (κ2) is 7.20. The lowest BCUT2D eigenvalue weighted by atomic mass is 10.1. The fourth-order valence-corrected chi connectivity index (χ4v) is 3.87. The normalized spacial score (nSPS) is 12.4. The van der Waals surface area contributed by atoms with Gasteiger partial charge in [-0.1, -0.05) is 36.0 Å². The molecule has 0 aliphatic carbocycles. The van der Waals surface area contributed by atoms with Crippen LogP contribution in [0.25, 0.3) is 16.6 Å². The summed E-state index contributed by atoms with van der Waals surface area (Å²) in [5.74, 6) is -2.16. The first-order valence-corrected chi connectivity index (χ1v) is 9.48. The van der Waals surface area contributed by atoms with Gasteiger partial charge in [0, 0.05) is 5.39 Å². The van der Waals surface area contributed by atoms with E-state index in [9.17, 15) is 13.6 Å². The van der Waals surface area contributed by atoms with Crippen molar-refractivity contribution in [3.05, 3.63) is 65.7 Å². The maximum absolute atomic E-state index is 13.8. The molecule has 4 rings (SSSR count). The van der Waals surface area contributed by atoms with Crippen LogP contribution in [0.3, 0.4) is 0 Å². The third-order valence-electron chi connectivity index (χ3n) is 4.44. The predicted octanol–water partition coefficient (Wildman–Crippen LogP) is 4.59. The van der Waals surface area contributed by atoms with E-state index >= 15 is 0 Å². The van der Waals surface area contributed by atoms with Gasteiger partial charge in [0.15, 0.2) is 10.8 Å². The number of anilines is 1. The number of hydrogen-bond acceptors (Lipinski definition) is 4. The van der Waals surface area contributed by atoms with Gasteiger partial charge in [0.2, 0.25) is 5.91 Å². The number of hydrogen-bond donors (Lipinski definition) is 1. The van der Waals surface area contributed by atoms with Gasteiger partial charge in [-0.25, -0.2) is 8.78 Å². The van der Waals surface area contributed by atoms with Crippen molar-refractivity contribution in [2.45, 2.75) is 24.3 Å². The van der Waals surface area contributed by atoms with Gasteiger partial charge in [-0.3, -0.25) is 9.20 Å². The lowest BCUT2D eigenvalue weighted by Crippen LogP contribution is -2.24. The number of halogens is 2. The zero-order chi connectivity index (χ0) is 19.8. The Morgan fingerprint density at radius 2 is 1.82 bits per heavy atom. The minimum Gasteiger partial charge on any atom is -0.320 e. The first kappa shape index (κ1) is 18.4. The highest BCUT2D eigenvalue weighted by atomic mass is 32.2. The summed E-state index contributed by atoms with van der Waals surface area (Å²) >= 11 is 1.17. The first-order chi connectivity index (χ1) is 13.5. The second-order valence-electron chi connectivity index (χ2n) is 6.37. The predicted molar refractivity (Wildman–Crippen MR) is 106 cm³/mol. The minimum absolute atomic E-state index is 0.452. The van der Waals surface area contributed by atoms with E-state index in [0.717, 1.165) is 28.6 Å². The number of aromatic nitrogens is 3. The highest BCUT2D eigenvalue weighted by Gasteiger charge is 2.21. The molecule has 5 nitrogen and oxygen atoms in total. The number of carbonyl (C=O) groups is 1. The van der Waals surface area contributed by atoms with Crippen molar-refractivity contribution < 1.29 is 13.6 Å². The van der Waals surface area contributed by atoms with Crippen LogP contribution in [0.2, 0.25) is 0 Å². The number of aryl methyl sites for hydroxylation is 1. The molecule has 1 N–H and O–H groups in total. The molecule has 28 heavy (non-hydrogen) atoms. The maximum atomic E-state index is 13.8. The number of benzene rings is 2. The molecule has 8 heteroatoms. The summed E-state index contributed by atoms with van der Waals surface area (Å²) in [7, 11) is 0. The Morgan fingerprint density at radius 1 is 1.11 bits per heavy atom. The van der Waals surface area contributed by atoms with E-state index in [0.29, 0.717) is 10.8 Å². The lowest BCUT2D eigenvalue weighted by Gasteiger charge is -2.13. The Morgan fingerprint density at radius 3 is 2.57 bits per heavy atom. The van der Waals surface area contributed by atoms with Gasteiger partial charge >= 0.3 is 0 Å². The highest BCUT2D eigenvalue weighted by molar-refractivity contribution is 8.00. The Hall–Kier alpha value is -3.00. The third-order valence-corrected chi connectivity index (χ3v) is 5.48. The van der Waals surface area contributed by atoms with Gasteiger partial charge in [0.05, 0.1) is 10.8 Å². The highest BCUT2D eigenvalue weighted by Crippen LogP contribution is 2.29. The van der Waals surface area contributed by atoms with Gasteiger partial charge in [0.1, 0.15) is 17.3 Å². The van der Waals surface area contributed by atoms with Crippen molar-refractivity contribution in [2.75, 3.05) is 5.32 Å². The largest absolute Gasteiger partial charge is 0.320 e. The number of carbonyl (C=O) groups excluding carboxylic acids is 1. The molecule has 1 unspecified atom stereocenters. The molecule has 0 fully saturated rings. The van der Waals surface area contributed by atoms with Crippen molar-refractivity contribution in [1.29, 1.82) is 0 Å². The van der Waals surface area contributed by atoms with Crippen LogP contribution in [0, 0.1) is 18.6 Å². The molecule has 0 bridgehead atoms. The zero-order valence-electron chi connectivity index (χ0n) is 15.1. The zero-order valence-corrected chi connectivity index (χ0v) is 15.9. The van der Waals surface area contributed by atoms with Crippen LogP contribution in [0.5, 0.6) is 0 Å². The van der Waals surface area contributed by atoms with Gasteiger partial charge in [0.25, 0.3) is 0 Å². The van der Waals surface area contributed by atoms with Crippen molar-refractivity contribution in [3.63, 3.8) is 0 Å². The number of nitrogens with one attached hydrogen (secondary N) is 1. The van der Waals surface area contributed by atoms with Gasteiger partial charge < -0.3 is 5.32 Å². The number of fused-ring (bicyclic) bond motifs is 3. The Kier molecular flexibility index (Phi) is 4.72. The summed E-state index contributed by atoms with van der Waals surface area (Å²) in [6.45, 7) is 3.65. The molecule has 1 amide bonds. The smallest absolute Gasteiger partial charge is 0.237 e. The number of rotatable bonds is 4. The SMILES string of the molecule is Cc1cc2nnc(SC(C)C(=O)Nc3c(F)cccc3F)n2c2ccccc12. The van der Waals surface area contributed by atoms with Gasteiger partial charge in [-0.15, -0.1) is 10.2 Å². The molecule has 2 aromatic carbocycles. The fourth-order valence-electron chi connectivity index (χ4n) is 3.00. The molecular weight excluding hydrogens is 382 g/mol. The Labute approximate surface area is 163 Å². The molecule has 0 saturated carbocycles. The number of amides is 1. The average molecular weight is 398 g/mol. The van der Waals surface area contributed by atoms with Crippen LogP contribution >= 0.6 is 11.8 Å². The summed E-state index contributed by atoms with van der Waals surface area (Å²) in [5.41, 5.74) is 2.23. The number of nitrogens with zero attached hydrogens (tertiary/aromatic N) is 3. The van der Waals surface area contributed by atoms with Gasteiger partial charge in [-0.2, -0.15) is 0 Å². The fraction of sp³-hybridized carbons (Fsp3) is 0.150. The second-order valence-corrected chi connectivity index (χ2v) is 7.67. The maximum Gasteiger partial charge on any atom is 0.237 e. The monoisotopic (exact) mass is 398 g/mol. The van der Waals surface area contributed by atoms with E-state index < -0.39 is 28.5 Å². The first-order valence-electron chi connectivity index (χ1n) is 8.60. The van der Waals surface area contributed by atoms with Crippen LogP contribution in [0.1, 0.15) is 12.5 Å². The molecule has 0 aliphatic rings. The number of thioether (sulfide) groups is 1. The summed E-state index contributed by atoms with van der Waals surface area (Å²) in [4.78, 5) is 12.5. The minimum atomic E-state index is -0.819. The van der Waals surface area contributed by atoms with Crippen LogP contribution < -0.4 is 5.32 Å². The van der Waals surface area contributed by atoms with Gasteiger partial charge in [-0.05, 0) is 43.7 Å². The van der Waals surface area contributed by atoms with E-state index in [4.69, 9.17) is 0 Å². The molecule has 2 heterocycles. The van der Waals surface area contributed by atoms with Crippen LogP contribution in [0.15, 0.2) is 53.7 Å². The number of para-hydroxylation sites is 2. The molecular formula is C20H16F2N4OS. The van der Waals surface area contributed by atoms with Crippen LogP contribution in [0.4, 0.5) is 14.5 Å². The Bertz CT molecular complexity index is 1190. The summed E-state index contributed by atoms with van der Waals surface area (Å²) in [6, 6.07) is 13.2. The Balaban J connectivity index is 1.65. The molecule has 0 aliphatic heterocycles.